The van der Waals surface area contributed by atoms with E-state index in [1.165, 1.54) is 32.6 Å². The first-order chi connectivity index (χ1) is 16.9. The number of esters is 1. The van der Waals surface area contributed by atoms with Crippen molar-refractivity contribution in [2.45, 2.75) is 112 Å². The standard InChI is InChI=1S/C31H49NO4/c1-18(2)9-8-10-19(3)29-23(20(4)33)16-26-24-17-28(32-35)27-15-22(36-21(5)34)11-13-30(27,6)25(24)12-14-31(26,29)7/h15,18-19,22-26,29,35H,8-14,16-17H2,1-7H3/b32-28+/t19-,22+,23?,24-,25+,26+,29+,30-,31+/m1/s1. The fourth-order valence-electron chi connectivity index (χ4n) is 9.52. The SMILES string of the molecule is CC(=O)O[C@@H]1C=C2/C(=N/O)C[C@H]3[C@@H]4CC(C(C)=O)[C@H]([C@H](C)CCCC(C)C)[C@@]4(C)CC[C@@H]3[C@@]2(C)CC1. The maximum absolute atomic E-state index is 13.0. The first kappa shape index (κ1) is 27.4. The van der Waals surface area contributed by atoms with Crippen LogP contribution in [-0.4, -0.2) is 28.8 Å². The van der Waals surface area contributed by atoms with Gasteiger partial charge < -0.3 is 9.94 Å². The number of hydrogen-bond acceptors (Lipinski definition) is 5. The zero-order valence-corrected chi connectivity index (χ0v) is 23.7. The van der Waals surface area contributed by atoms with Gasteiger partial charge in [-0.15, -0.1) is 0 Å². The lowest BCUT2D eigenvalue weighted by atomic mass is 9.46. The molecule has 0 radical (unpaired) electrons. The van der Waals surface area contributed by atoms with Gasteiger partial charge >= 0.3 is 5.97 Å². The molecule has 0 aromatic heterocycles. The van der Waals surface area contributed by atoms with Crippen molar-refractivity contribution in [3.05, 3.63) is 11.6 Å². The molecule has 202 valence electrons. The van der Waals surface area contributed by atoms with E-state index in [-0.39, 0.29) is 28.8 Å². The Morgan fingerprint density at radius 1 is 1.11 bits per heavy atom. The van der Waals surface area contributed by atoms with Gasteiger partial charge in [0, 0.05) is 12.8 Å². The van der Waals surface area contributed by atoms with Crippen molar-refractivity contribution in [1.29, 1.82) is 0 Å². The van der Waals surface area contributed by atoms with Gasteiger partial charge in [0.2, 0.25) is 0 Å². The van der Waals surface area contributed by atoms with Gasteiger partial charge in [-0.3, -0.25) is 9.59 Å². The fraction of sp³-hybridized carbons (Fsp3) is 0.839. The largest absolute Gasteiger partial charge is 0.458 e. The van der Waals surface area contributed by atoms with Crippen LogP contribution in [0.1, 0.15) is 106 Å². The third-order valence-corrected chi connectivity index (χ3v) is 11.1. The second-order valence-electron chi connectivity index (χ2n) is 13.6. The second kappa shape index (κ2) is 10.3. The maximum Gasteiger partial charge on any atom is 0.303 e. The molecular formula is C31H49NO4. The van der Waals surface area contributed by atoms with Crippen molar-refractivity contribution in [2.24, 2.45) is 57.4 Å². The van der Waals surface area contributed by atoms with Crippen LogP contribution in [0.15, 0.2) is 16.8 Å². The summed E-state index contributed by atoms with van der Waals surface area (Å²) in [6, 6.07) is 0. The van der Waals surface area contributed by atoms with Gasteiger partial charge in [-0.25, -0.2) is 0 Å². The molecule has 1 unspecified atom stereocenters. The molecule has 9 atom stereocenters. The molecule has 1 N–H and O–H groups in total. The third kappa shape index (κ3) is 4.69. The minimum Gasteiger partial charge on any atom is -0.458 e. The Balaban J connectivity index is 1.64. The molecule has 0 spiro atoms. The average molecular weight is 500 g/mol. The van der Waals surface area contributed by atoms with Crippen LogP contribution >= 0.6 is 0 Å². The van der Waals surface area contributed by atoms with Gasteiger partial charge in [-0.1, -0.05) is 59.0 Å². The lowest BCUT2D eigenvalue weighted by Crippen LogP contribution is -2.53. The van der Waals surface area contributed by atoms with E-state index in [2.05, 4.69) is 45.9 Å². The van der Waals surface area contributed by atoms with Crippen molar-refractivity contribution in [3.8, 4) is 0 Å². The number of Topliss-reactive ketones (excluding diaryl/α,β-unsaturated/α-hetero) is 1. The molecule has 3 fully saturated rings. The van der Waals surface area contributed by atoms with Gasteiger partial charge in [0.1, 0.15) is 11.9 Å². The van der Waals surface area contributed by atoms with Gasteiger partial charge in [0.05, 0.1) is 5.71 Å². The highest BCUT2D eigenvalue weighted by molar-refractivity contribution is 6.02. The van der Waals surface area contributed by atoms with Gasteiger partial charge in [0.15, 0.2) is 0 Å². The lowest BCUT2D eigenvalue weighted by molar-refractivity contribution is -0.145. The molecule has 5 heteroatoms. The smallest absolute Gasteiger partial charge is 0.303 e. The first-order valence-electron chi connectivity index (χ1n) is 14.5. The number of ether oxygens (including phenoxy) is 1. The number of hydrogen-bond donors (Lipinski definition) is 1. The number of nitrogens with zero attached hydrogens (tertiary/aromatic N) is 1. The first-order valence-corrected chi connectivity index (χ1v) is 14.5. The van der Waals surface area contributed by atoms with Crippen molar-refractivity contribution in [1.82, 2.24) is 0 Å². The Labute approximate surface area is 218 Å². The zero-order chi connectivity index (χ0) is 26.4. The van der Waals surface area contributed by atoms with Crippen LogP contribution in [0, 0.1) is 52.3 Å². The topological polar surface area (TPSA) is 76.0 Å². The highest BCUT2D eigenvalue weighted by Crippen LogP contribution is 2.68. The van der Waals surface area contributed by atoms with Crippen molar-refractivity contribution in [3.63, 3.8) is 0 Å². The summed E-state index contributed by atoms with van der Waals surface area (Å²) in [4.78, 5) is 24.6. The summed E-state index contributed by atoms with van der Waals surface area (Å²) in [5.41, 5.74) is 1.94. The number of allylic oxidation sites excluding steroid dienone is 1. The number of ketones is 1. The normalized spacial score (nSPS) is 41.8. The van der Waals surface area contributed by atoms with E-state index in [1.807, 2.05) is 6.92 Å². The van der Waals surface area contributed by atoms with Crippen LogP contribution in [0.25, 0.3) is 0 Å². The summed E-state index contributed by atoms with van der Waals surface area (Å²) in [5, 5.41) is 13.9. The summed E-state index contributed by atoms with van der Waals surface area (Å²) in [6.07, 6.45) is 11.3. The zero-order valence-electron chi connectivity index (χ0n) is 23.7. The minimum absolute atomic E-state index is 0.0743. The number of oxime groups is 1. The van der Waals surface area contributed by atoms with E-state index in [0.717, 1.165) is 49.3 Å². The van der Waals surface area contributed by atoms with Crippen LogP contribution in [0.4, 0.5) is 0 Å². The molecule has 0 heterocycles. The predicted molar refractivity (Wildman–Crippen MR) is 143 cm³/mol. The summed E-state index contributed by atoms with van der Waals surface area (Å²) >= 11 is 0. The van der Waals surface area contributed by atoms with Crippen LogP contribution in [-0.2, 0) is 14.3 Å². The molecule has 4 aliphatic carbocycles. The van der Waals surface area contributed by atoms with Crippen LogP contribution in [0.5, 0.6) is 0 Å². The van der Waals surface area contributed by atoms with Crippen LogP contribution < -0.4 is 0 Å². The summed E-state index contributed by atoms with van der Waals surface area (Å²) in [7, 11) is 0. The Hall–Kier alpha value is -1.65. The Kier molecular flexibility index (Phi) is 7.80. The van der Waals surface area contributed by atoms with E-state index in [1.54, 1.807) is 0 Å². The number of carbonyl (C=O) groups excluding carboxylic acids is 2. The lowest BCUT2D eigenvalue weighted by Gasteiger charge is -2.58. The Morgan fingerprint density at radius 2 is 1.83 bits per heavy atom. The van der Waals surface area contributed by atoms with Crippen LogP contribution in [0.2, 0.25) is 0 Å². The predicted octanol–water partition coefficient (Wildman–Crippen LogP) is 7.21. The molecule has 4 rings (SSSR count). The maximum atomic E-state index is 13.0. The monoisotopic (exact) mass is 499 g/mol. The molecule has 36 heavy (non-hydrogen) atoms. The minimum atomic E-state index is -0.264. The Bertz CT molecular complexity index is 922. The molecular weight excluding hydrogens is 450 g/mol. The molecule has 0 aromatic carbocycles. The molecule has 3 saturated carbocycles. The van der Waals surface area contributed by atoms with Gasteiger partial charge in [-0.05, 0) is 103 Å². The quantitative estimate of drug-likeness (QED) is 0.228. The van der Waals surface area contributed by atoms with E-state index in [0.29, 0.717) is 35.4 Å². The van der Waals surface area contributed by atoms with Crippen molar-refractivity contribution < 1.29 is 19.5 Å². The molecule has 0 saturated heterocycles. The van der Waals surface area contributed by atoms with Crippen LogP contribution in [0.3, 0.4) is 0 Å². The molecule has 4 aliphatic rings. The van der Waals surface area contributed by atoms with Crippen molar-refractivity contribution in [2.75, 3.05) is 0 Å². The molecule has 5 nitrogen and oxygen atoms in total. The van der Waals surface area contributed by atoms with E-state index >= 15 is 0 Å². The second-order valence-corrected chi connectivity index (χ2v) is 13.6. The number of fused-ring (bicyclic) bond motifs is 5. The molecule has 0 aromatic rings. The Morgan fingerprint density at radius 3 is 2.44 bits per heavy atom. The van der Waals surface area contributed by atoms with Crippen molar-refractivity contribution >= 4 is 17.5 Å². The highest BCUT2D eigenvalue weighted by Gasteiger charge is 2.63. The number of rotatable bonds is 7. The molecule has 0 bridgehead atoms. The van der Waals surface area contributed by atoms with E-state index in [4.69, 9.17) is 4.74 Å². The summed E-state index contributed by atoms with van der Waals surface area (Å²) in [6.45, 7) is 15.1. The molecule has 0 amide bonds. The fourth-order valence-corrected chi connectivity index (χ4v) is 9.52. The molecule has 0 aliphatic heterocycles. The third-order valence-electron chi connectivity index (χ3n) is 11.1. The van der Waals surface area contributed by atoms with Gasteiger partial charge in [0.25, 0.3) is 0 Å². The van der Waals surface area contributed by atoms with E-state index < -0.39 is 0 Å². The average Bonchev–Trinajstić information content (AvgIpc) is 3.12. The highest BCUT2D eigenvalue weighted by atomic mass is 16.5. The summed E-state index contributed by atoms with van der Waals surface area (Å²) in [5.74, 6) is 3.36. The summed E-state index contributed by atoms with van der Waals surface area (Å²) < 4.78 is 5.54. The number of carbonyl (C=O) groups is 2. The van der Waals surface area contributed by atoms with Gasteiger partial charge in [-0.2, -0.15) is 0 Å². The van der Waals surface area contributed by atoms with E-state index in [9.17, 15) is 14.8 Å².